The maximum absolute atomic E-state index is 13.4. The monoisotopic (exact) mass is 543 g/mol. The average Bonchev–Trinajstić information content (AvgIpc) is 2.82. The summed E-state index contributed by atoms with van der Waals surface area (Å²) in [6.07, 6.45) is -2.77. The highest BCUT2D eigenvalue weighted by Gasteiger charge is 2.37. The molecule has 0 unspecified atom stereocenters. The smallest absolute Gasteiger partial charge is 0.419 e. The lowest BCUT2D eigenvalue weighted by molar-refractivity contribution is -0.742. The Hall–Kier alpha value is -3.58. The van der Waals surface area contributed by atoms with E-state index in [1.807, 2.05) is 6.07 Å². The quantitative estimate of drug-likeness (QED) is 0.258. The van der Waals surface area contributed by atoms with Crippen molar-refractivity contribution < 1.29 is 28.2 Å². The molecule has 2 N–H and O–H groups in total. The van der Waals surface area contributed by atoms with E-state index in [1.54, 1.807) is 23.1 Å². The molecule has 200 valence electrons. The molecule has 0 spiro atoms. The fraction of sp³-hybridized carbons (Fsp3) is 0.391. The third kappa shape index (κ3) is 8.22. The van der Waals surface area contributed by atoms with Gasteiger partial charge in [-0.25, -0.2) is 0 Å². The molecule has 1 aliphatic heterocycles. The molecule has 0 bridgehead atoms. The number of benzene rings is 1. The minimum absolute atomic E-state index is 0.146. The molecule has 1 saturated heterocycles. The van der Waals surface area contributed by atoms with Gasteiger partial charge in [-0.2, -0.15) is 18.2 Å². The van der Waals surface area contributed by atoms with Gasteiger partial charge in [0.1, 0.15) is 5.65 Å². The Kier molecular flexibility index (Phi) is 9.53. The van der Waals surface area contributed by atoms with Crippen LogP contribution in [0, 0.1) is 10.1 Å². The van der Waals surface area contributed by atoms with Crippen molar-refractivity contribution in [1.82, 2.24) is 14.9 Å². The summed E-state index contributed by atoms with van der Waals surface area (Å²) in [5.41, 5.74) is -0.334. The van der Waals surface area contributed by atoms with Gasteiger partial charge >= 0.3 is 6.18 Å². The summed E-state index contributed by atoms with van der Waals surface area (Å²) in [5, 5.41) is 14.2. The van der Waals surface area contributed by atoms with Crippen molar-refractivity contribution in [2.75, 3.05) is 44.2 Å². The molecule has 1 aliphatic rings. The molecule has 14 heteroatoms. The van der Waals surface area contributed by atoms with Crippen molar-refractivity contribution in [1.29, 1.82) is 0 Å². The van der Waals surface area contributed by atoms with E-state index in [4.69, 9.17) is 31.7 Å². The van der Waals surface area contributed by atoms with Crippen molar-refractivity contribution in [2.24, 2.45) is 0 Å². The predicted molar refractivity (Wildman–Crippen MR) is 131 cm³/mol. The Bertz CT molecular complexity index is 1260. The Morgan fingerprint density at radius 3 is 2.46 bits per heavy atom. The lowest BCUT2D eigenvalue weighted by Crippen LogP contribution is -2.47. The molecule has 0 amide bonds. The molecule has 1 aromatic carbocycles. The van der Waals surface area contributed by atoms with Crippen LogP contribution in [0.2, 0.25) is 5.02 Å². The molecular weight excluding hydrogens is 519 g/mol. The molecule has 4 rings (SSSR count). The highest BCUT2D eigenvalue weighted by Crippen LogP contribution is 2.41. The molecule has 3 heterocycles. The van der Waals surface area contributed by atoms with Crippen molar-refractivity contribution in [3.8, 4) is 5.88 Å². The van der Waals surface area contributed by atoms with Crippen LogP contribution in [0.3, 0.4) is 0 Å². The number of fused-ring (bicyclic) bond motifs is 1. The van der Waals surface area contributed by atoms with E-state index in [9.17, 15) is 18.0 Å². The molecule has 2 aromatic heterocycles. The second-order valence-corrected chi connectivity index (χ2v) is 8.57. The molecule has 1 fully saturated rings. The van der Waals surface area contributed by atoms with Crippen molar-refractivity contribution in [2.45, 2.75) is 19.0 Å². The molecule has 10 nitrogen and oxygen atoms in total. The number of hydrogen-bond acceptors (Lipinski definition) is 7. The lowest BCUT2D eigenvalue weighted by atomic mass is 10.1. The third-order valence-corrected chi connectivity index (χ3v) is 5.98. The highest BCUT2D eigenvalue weighted by molar-refractivity contribution is 6.31. The summed E-state index contributed by atoms with van der Waals surface area (Å²) in [4.78, 5) is 30.8. The highest BCUT2D eigenvalue weighted by atomic mass is 35.5. The van der Waals surface area contributed by atoms with Crippen molar-refractivity contribution in [3.63, 3.8) is 0 Å². The first-order chi connectivity index (χ1) is 17.5. The van der Waals surface area contributed by atoms with Crippen molar-refractivity contribution in [3.05, 3.63) is 73.5 Å². The Balaban J connectivity index is 0.000000886. The molecule has 3 aromatic rings. The van der Waals surface area contributed by atoms with E-state index in [2.05, 4.69) is 14.9 Å². The zero-order chi connectivity index (χ0) is 27.0. The maximum atomic E-state index is 13.4. The van der Waals surface area contributed by atoms with Gasteiger partial charge in [0.25, 0.3) is 5.09 Å². The largest absolute Gasteiger partial charge is 0.478 e. The fourth-order valence-electron chi connectivity index (χ4n) is 3.97. The number of hydrogen-bond donors (Lipinski definition) is 2. The van der Waals surface area contributed by atoms with Gasteiger partial charge in [0.2, 0.25) is 11.4 Å². The number of pyridine rings is 2. The Morgan fingerprint density at radius 2 is 1.78 bits per heavy atom. The minimum atomic E-state index is -4.49. The van der Waals surface area contributed by atoms with Gasteiger partial charge in [-0.05, 0) is 43.7 Å². The number of nitrogens with zero attached hydrogens (tertiary/aromatic N) is 4. The maximum Gasteiger partial charge on any atom is 0.419 e. The van der Waals surface area contributed by atoms with E-state index in [0.717, 1.165) is 24.8 Å². The topological polar surface area (TPSA) is 125 Å². The Labute approximate surface area is 214 Å². The van der Waals surface area contributed by atoms with Gasteiger partial charge in [-0.1, -0.05) is 17.7 Å². The van der Waals surface area contributed by atoms with Crippen LogP contribution in [0.4, 0.5) is 18.9 Å². The summed E-state index contributed by atoms with van der Waals surface area (Å²) in [5.74, 6) is 0.458. The molecule has 0 radical (unpaired) electrons. The number of aromatic amines is 1. The summed E-state index contributed by atoms with van der Waals surface area (Å²) in [6.45, 7) is 3.73. The van der Waals surface area contributed by atoms with Gasteiger partial charge in [0.15, 0.2) is 0 Å². The molecule has 0 saturated carbocycles. The van der Waals surface area contributed by atoms with Crippen LogP contribution in [0.5, 0.6) is 5.88 Å². The third-order valence-electron chi connectivity index (χ3n) is 5.66. The van der Waals surface area contributed by atoms with Gasteiger partial charge < -0.3 is 19.8 Å². The second kappa shape index (κ2) is 12.6. The van der Waals surface area contributed by atoms with Gasteiger partial charge in [-0.3, -0.25) is 9.69 Å². The number of ether oxygens (including phenoxy) is 1. The van der Waals surface area contributed by atoms with Gasteiger partial charge in [-0.15, -0.1) is 10.1 Å². The first-order valence-electron chi connectivity index (χ1n) is 11.3. The van der Waals surface area contributed by atoms with Gasteiger partial charge in [0, 0.05) is 43.7 Å². The molecular formula is C23H25ClF3N5O5. The molecule has 0 aliphatic carbocycles. The van der Waals surface area contributed by atoms with E-state index < -0.39 is 16.8 Å². The fourth-order valence-corrected chi connectivity index (χ4v) is 4.25. The number of aromatic nitrogens is 2. The number of piperazine rings is 1. The van der Waals surface area contributed by atoms with Gasteiger partial charge in [0.05, 0.1) is 22.9 Å². The number of rotatable bonds is 7. The predicted octanol–water partition coefficient (Wildman–Crippen LogP) is 4.23. The second-order valence-electron chi connectivity index (χ2n) is 8.16. The SMILES string of the molecule is O=[N+]([O-])O.O=c1ccc2ccc(OCCCCN3CCN(c4cccc(Cl)c4C(F)(F)F)CC3)nc2[nH]1. The zero-order valence-electron chi connectivity index (χ0n) is 19.6. The number of alkyl halides is 3. The van der Waals surface area contributed by atoms with Crippen LogP contribution in [0.25, 0.3) is 11.0 Å². The van der Waals surface area contributed by atoms with E-state index in [-0.39, 0.29) is 16.3 Å². The van der Waals surface area contributed by atoms with Crippen LogP contribution >= 0.6 is 11.6 Å². The van der Waals surface area contributed by atoms with Crippen LogP contribution < -0.4 is 15.2 Å². The van der Waals surface area contributed by atoms with E-state index in [1.165, 1.54) is 18.2 Å². The number of halogens is 4. The Morgan fingerprint density at radius 1 is 1.11 bits per heavy atom. The van der Waals surface area contributed by atoms with Crippen LogP contribution in [0.15, 0.2) is 47.3 Å². The summed E-state index contributed by atoms with van der Waals surface area (Å²) < 4.78 is 46.0. The van der Waals surface area contributed by atoms with Crippen LogP contribution in [-0.2, 0) is 6.18 Å². The first-order valence-corrected chi connectivity index (χ1v) is 11.7. The molecule has 0 atom stereocenters. The van der Waals surface area contributed by atoms with E-state index >= 15 is 0 Å². The number of H-pyrrole nitrogens is 1. The minimum Gasteiger partial charge on any atom is -0.478 e. The first kappa shape index (κ1) is 28.0. The van der Waals surface area contributed by atoms with E-state index in [0.29, 0.717) is 44.3 Å². The number of nitrogens with one attached hydrogen (secondary N) is 1. The summed E-state index contributed by atoms with van der Waals surface area (Å²) in [6, 6.07) is 11.1. The van der Waals surface area contributed by atoms with Crippen LogP contribution in [-0.4, -0.2) is 64.5 Å². The number of unbranched alkanes of at least 4 members (excludes halogenated alkanes) is 1. The summed E-state index contributed by atoms with van der Waals surface area (Å²) in [7, 11) is 0. The summed E-state index contributed by atoms with van der Waals surface area (Å²) >= 11 is 5.85. The standard InChI is InChI=1S/C23H24ClF3N4O2.HNO3/c24-17-4-3-5-18(21(17)23(25,26)27)31-13-11-30(12-14-31)10-1-2-15-33-20-9-7-16-6-8-19(32)28-22(16)29-20;2-1(3)4/h3-9H,1-2,10-15H2,(H,28,29,32);(H,2,3,4). The number of anilines is 1. The molecule has 37 heavy (non-hydrogen) atoms. The van der Waals surface area contributed by atoms with Crippen molar-refractivity contribution >= 4 is 28.3 Å². The zero-order valence-corrected chi connectivity index (χ0v) is 20.3. The average molecular weight is 544 g/mol. The normalized spacial score (nSPS) is 14.2. The lowest BCUT2D eigenvalue weighted by Gasteiger charge is -2.37. The van der Waals surface area contributed by atoms with Crippen LogP contribution in [0.1, 0.15) is 18.4 Å².